The summed E-state index contributed by atoms with van der Waals surface area (Å²) in [5.74, 6) is 0. The van der Waals surface area contributed by atoms with Gasteiger partial charge in [-0.15, -0.1) is 0 Å². The number of benzene rings is 1. The van der Waals surface area contributed by atoms with E-state index in [1.807, 2.05) is 0 Å². The van der Waals surface area contributed by atoms with Crippen molar-refractivity contribution in [1.29, 1.82) is 0 Å². The van der Waals surface area contributed by atoms with E-state index in [0.29, 0.717) is 0 Å². The summed E-state index contributed by atoms with van der Waals surface area (Å²) < 4.78 is 0. The minimum absolute atomic E-state index is 1.23. The predicted octanol–water partition coefficient (Wildman–Crippen LogP) is 4.13. The molecule has 0 amide bonds. The Morgan fingerprint density at radius 1 is 0.882 bits per heavy atom. The number of unbranched alkanes of at least 4 members (excludes halogenated alkanes) is 3. The number of aryl methyl sites for hydroxylation is 1. The molecule has 0 aromatic heterocycles. The molecule has 0 atom stereocenters. The first-order valence-corrected chi connectivity index (χ1v) is 7.05. The molecule has 0 saturated heterocycles. The van der Waals surface area contributed by atoms with Gasteiger partial charge in [0.15, 0.2) is 0 Å². The summed E-state index contributed by atoms with van der Waals surface area (Å²) in [5.41, 5.74) is 1.47. The maximum absolute atomic E-state index is 2.47. The van der Waals surface area contributed by atoms with Crippen LogP contribution in [0, 0.1) is 0 Å². The van der Waals surface area contributed by atoms with E-state index < -0.39 is 0 Å². The summed E-state index contributed by atoms with van der Waals surface area (Å²) in [5, 5.41) is 0. The lowest BCUT2D eigenvalue weighted by molar-refractivity contribution is 0.318. The van der Waals surface area contributed by atoms with E-state index in [1.165, 1.54) is 57.2 Å². The van der Waals surface area contributed by atoms with Gasteiger partial charge in [-0.2, -0.15) is 0 Å². The third-order valence-corrected chi connectivity index (χ3v) is 3.24. The van der Waals surface area contributed by atoms with Crippen molar-refractivity contribution in [2.45, 2.75) is 45.4 Å². The molecule has 96 valence electrons. The molecule has 17 heavy (non-hydrogen) atoms. The molecule has 1 heteroatoms. The average Bonchev–Trinajstić information content (AvgIpc) is 2.36. The monoisotopic (exact) mass is 233 g/mol. The predicted molar refractivity (Wildman–Crippen MR) is 76.4 cm³/mol. The minimum Gasteiger partial charge on any atom is -0.306 e. The highest BCUT2D eigenvalue weighted by Gasteiger charge is 1.98. The Balaban J connectivity index is 2.00. The van der Waals surface area contributed by atoms with Crippen molar-refractivity contribution in [3.63, 3.8) is 0 Å². The van der Waals surface area contributed by atoms with Crippen molar-refractivity contribution in [3.8, 4) is 0 Å². The van der Waals surface area contributed by atoms with Gasteiger partial charge in [-0.25, -0.2) is 0 Å². The number of rotatable bonds is 9. The Kier molecular flexibility index (Phi) is 7.74. The fourth-order valence-electron chi connectivity index (χ4n) is 2.10. The molecule has 1 aromatic carbocycles. The Morgan fingerprint density at radius 3 is 2.18 bits per heavy atom. The molecule has 0 spiro atoms. The van der Waals surface area contributed by atoms with Crippen LogP contribution in [-0.2, 0) is 6.42 Å². The second-order valence-electron chi connectivity index (χ2n) is 4.95. The van der Waals surface area contributed by atoms with E-state index in [4.69, 9.17) is 0 Å². The van der Waals surface area contributed by atoms with Gasteiger partial charge in [0.1, 0.15) is 0 Å². The average molecular weight is 233 g/mol. The van der Waals surface area contributed by atoms with Gasteiger partial charge < -0.3 is 4.90 Å². The highest BCUT2D eigenvalue weighted by molar-refractivity contribution is 5.14. The van der Waals surface area contributed by atoms with Crippen LogP contribution in [-0.4, -0.2) is 25.0 Å². The first kappa shape index (κ1) is 14.2. The molecule has 0 heterocycles. The van der Waals surface area contributed by atoms with Crippen LogP contribution in [0.3, 0.4) is 0 Å². The second-order valence-corrected chi connectivity index (χ2v) is 4.95. The van der Waals surface area contributed by atoms with Gasteiger partial charge in [0.2, 0.25) is 0 Å². The van der Waals surface area contributed by atoms with Crippen LogP contribution in [0.4, 0.5) is 0 Å². The molecule has 0 saturated carbocycles. The smallest absolute Gasteiger partial charge is 0.00217 e. The standard InChI is InChI=1S/C16H27N/c1-3-4-9-14-17(2)15-10-8-13-16-11-6-5-7-12-16/h5-7,11-12H,3-4,8-10,13-15H2,1-2H3. The second kappa shape index (κ2) is 9.23. The number of hydrogen-bond donors (Lipinski definition) is 0. The van der Waals surface area contributed by atoms with Gasteiger partial charge in [-0.3, -0.25) is 0 Å². The summed E-state index contributed by atoms with van der Waals surface area (Å²) in [7, 11) is 2.25. The molecular weight excluding hydrogens is 206 g/mol. The zero-order valence-electron chi connectivity index (χ0n) is 11.5. The highest BCUT2D eigenvalue weighted by atomic mass is 15.1. The Morgan fingerprint density at radius 2 is 1.53 bits per heavy atom. The lowest BCUT2D eigenvalue weighted by Crippen LogP contribution is -2.20. The molecular formula is C16H27N. The van der Waals surface area contributed by atoms with E-state index in [0.717, 1.165) is 0 Å². The first-order valence-electron chi connectivity index (χ1n) is 7.05. The summed E-state index contributed by atoms with van der Waals surface area (Å²) in [6.07, 6.45) is 7.89. The van der Waals surface area contributed by atoms with Gasteiger partial charge in [0.25, 0.3) is 0 Å². The molecule has 0 radical (unpaired) electrons. The van der Waals surface area contributed by atoms with Gasteiger partial charge >= 0.3 is 0 Å². The number of nitrogens with zero attached hydrogens (tertiary/aromatic N) is 1. The lowest BCUT2D eigenvalue weighted by Gasteiger charge is -2.15. The molecule has 1 nitrogen and oxygen atoms in total. The first-order chi connectivity index (χ1) is 8.33. The quantitative estimate of drug-likeness (QED) is 0.580. The maximum atomic E-state index is 2.47. The fraction of sp³-hybridized carbons (Fsp3) is 0.625. The Bertz CT molecular complexity index is 268. The van der Waals surface area contributed by atoms with Crippen LogP contribution in [0.1, 0.15) is 44.6 Å². The van der Waals surface area contributed by atoms with Crippen molar-refractivity contribution < 1.29 is 0 Å². The summed E-state index contributed by atoms with van der Waals surface area (Å²) in [6.45, 7) is 4.77. The van der Waals surface area contributed by atoms with Crippen LogP contribution in [0.2, 0.25) is 0 Å². The summed E-state index contributed by atoms with van der Waals surface area (Å²) in [6, 6.07) is 10.8. The normalized spacial score (nSPS) is 11.0. The van der Waals surface area contributed by atoms with Crippen LogP contribution in [0.5, 0.6) is 0 Å². The topological polar surface area (TPSA) is 3.24 Å². The van der Waals surface area contributed by atoms with Gasteiger partial charge in [-0.05, 0) is 51.4 Å². The molecule has 1 rings (SSSR count). The van der Waals surface area contributed by atoms with E-state index >= 15 is 0 Å². The summed E-state index contributed by atoms with van der Waals surface area (Å²) >= 11 is 0. The van der Waals surface area contributed by atoms with Gasteiger partial charge in [0.05, 0.1) is 0 Å². The highest BCUT2D eigenvalue weighted by Crippen LogP contribution is 2.05. The van der Waals surface area contributed by atoms with Crippen molar-refractivity contribution in [3.05, 3.63) is 35.9 Å². The molecule has 0 unspecified atom stereocenters. The van der Waals surface area contributed by atoms with Crippen molar-refractivity contribution in [1.82, 2.24) is 4.90 Å². The third-order valence-electron chi connectivity index (χ3n) is 3.24. The van der Waals surface area contributed by atoms with Crippen LogP contribution in [0.15, 0.2) is 30.3 Å². The van der Waals surface area contributed by atoms with Gasteiger partial charge in [-0.1, -0.05) is 50.1 Å². The van der Waals surface area contributed by atoms with Crippen LogP contribution < -0.4 is 0 Å². The maximum Gasteiger partial charge on any atom is -0.00217 e. The van der Waals surface area contributed by atoms with Gasteiger partial charge in [0, 0.05) is 0 Å². The molecule has 0 bridgehead atoms. The lowest BCUT2D eigenvalue weighted by atomic mass is 10.1. The largest absolute Gasteiger partial charge is 0.306 e. The molecule has 0 aliphatic rings. The van der Waals surface area contributed by atoms with E-state index in [-0.39, 0.29) is 0 Å². The zero-order valence-corrected chi connectivity index (χ0v) is 11.5. The third kappa shape index (κ3) is 7.17. The van der Waals surface area contributed by atoms with E-state index in [9.17, 15) is 0 Å². The summed E-state index contributed by atoms with van der Waals surface area (Å²) in [4.78, 5) is 2.47. The van der Waals surface area contributed by atoms with E-state index in [2.05, 4.69) is 49.2 Å². The Labute approximate surface area is 107 Å². The van der Waals surface area contributed by atoms with Crippen molar-refractivity contribution in [2.24, 2.45) is 0 Å². The van der Waals surface area contributed by atoms with E-state index in [1.54, 1.807) is 0 Å². The SMILES string of the molecule is CCCCCN(C)CCCCc1ccccc1. The molecule has 1 aromatic rings. The van der Waals surface area contributed by atoms with Crippen molar-refractivity contribution in [2.75, 3.05) is 20.1 Å². The minimum atomic E-state index is 1.23. The molecule has 0 fully saturated rings. The van der Waals surface area contributed by atoms with Crippen molar-refractivity contribution >= 4 is 0 Å². The fourth-order valence-corrected chi connectivity index (χ4v) is 2.10. The Hall–Kier alpha value is -0.820. The zero-order chi connectivity index (χ0) is 12.3. The van der Waals surface area contributed by atoms with Crippen LogP contribution >= 0.6 is 0 Å². The molecule has 0 aliphatic carbocycles. The molecule has 0 N–H and O–H groups in total. The molecule has 0 aliphatic heterocycles. The van der Waals surface area contributed by atoms with Crippen LogP contribution in [0.25, 0.3) is 0 Å². The number of hydrogen-bond acceptors (Lipinski definition) is 1.